The van der Waals surface area contributed by atoms with E-state index in [0.717, 1.165) is 46.7 Å². The molecule has 2 amide bonds. The van der Waals surface area contributed by atoms with Gasteiger partial charge in [-0.2, -0.15) is 0 Å². The first kappa shape index (κ1) is 34.0. The average molecular weight is 674 g/mol. The van der Waals surface area contributed by atoms with Crippen LogP contribution in [0.5, 0.6) is 5.75 Å². The predicted octanol–water partition coefficient (Wildman–Crippen LogP) is 6.55. The number of methoxy groups -OCH3 is 1. The van der Waals surface area contributed by atoms with Gasteiger partial charge in [-0.25, -0.2) is 8.42 Å². The Hall–Kier alpha value is -4.34. The Morgan fingerprint density at radius 2 is 1.57 bits per heavy atom. The number of nitrogens with one attached hydrogen (secondary N) is 1. The minimum atomic E-state index is -4.26. The lowest BCUT2D eigenvalue weighted by Gasteiger charge is -2.34. The number of ether oxygens (including phenoxy) is 1. The molecule has 1 fully saturated rings. The summed E-state index contributed by atoms with van der Waals surface area (Å²) >= 11 is 6.32. The van der Waals surface area contributed by atoms with Crippen molar-refractivity contribution >= 4 is 39.1 Å². The Labute approximate surface area is 282 Å². The second kappa shape index (κ2) is 15.5. The molecule has 4 aromatic rings. The van der Waals surface area contributed by atoms with Crippen LogP contribution in [0.3, 0.4) is 0 Å². The lowest BCUT2D eigenvalue weighted by atomic mass is 10.0. The van der Waals surface area contributed by atoms with Gasteiger partial charge in [-0.3, -0.25) is 13.9 Å². The maximum atomic E-state index is 14.6. The lowest BCUT2D eigenvalue weighted by molar-refractivity contribution is -0.140. The second-order valence-electron chi connectivity index (χ2n) is 11.9. The molecule has 246 valence electrons. The number of nitrogens with zero attached hydrogens (tertiary/aromatic N) is 2. The minimum Gasteiger partial charge on any atom is -0.497 e. The SMILES string of the molecule is COc1ccc(S(=O)(=O)N(CC(=O)N(Cc2ccc(C)cc2)C(Cc2ccccc2)C(=O)NC2CCCC2)c2cccc(Cl)c2)cc1. The van der Waals surface area contributed by atoms with Crippen molar-refractivity contribution in [3.8, 4) is 5.75 Å². The largest absolute Gasteiger partial charge is 0.497 e. The molecule has 1 aliphatic carbocycles. The van der Waals surface area contributed by atoms with Crippen LogP contribution in [0.2, 0.25) is 5.02 Å². The van der Waals surface area contributed by atoms with Crippen LogP contribution in [-0.2, 0) is 32.6 Å². The normalized spacial score (nSPS) is 13.9. The van der Waals surface area contributed by atoms with E-state index in [9.17, 15) is 18.0 Å². The summed E-state index contributed by atoms with van der Waals surface area (Å²) in [5, 5.41) is 3.51. The third kappa shape index (κ3) is 8.73. The molecular formula is C37H40ClN3O5S. The molecule has 1 aliphatic rings. The zero-order chi connectivity index (χ0) is 33.4. The van der Waals surface area contributed by atoms with E-state index in [1.54, 1.807) is 30.3 Å². The lowest BCUT2D eigenvalue weighted by Crippen LogP contribution is -2.54. The zero-order valence-electron chi connectivity index (χ0n) is 26.6. The van der Waals surface area contributed by atoms with Crippen molar-refractivity contribution in [2.24, 2.45) is 0 Å². The third-order valence-electron chi connectivity index (χ3n) is 8.47. The van der Waals surface area contributed by atoms with E-state index in [-0.39, 0.29) is 35.5 Å². The van der Waals surface area contributed by atoms with E-state index in [0.29, 0.717) is 10.8 Å². The number of aryl methyl sites for hydroxylation is 1. The van der Waals surface area contributed by atoms with Crippen LogP contribution in [-0.4, -0.2) is 50.9 Å². The van der Waals surface area contributed by atoms with Gasteiger partial charge in [0, 0.05) is 24.0 Å². The summed E-state index contributed by atoms with van der Waals surface area (Å²) in [6.45, 7) is 1.54. The maximum absolute atomic E-state index is 14.6. The number of sulfonamides is 1. The number of halogens is 1. The van der Waals surface area contributed by atoms with Crippen molar-refractivity contribution in [2.45, 2.75) is 62.6 Å². The number of rotatable bonds is 13. The summed E-state index contributed by atoms with van der Waals surface area (Å²) < 4.78 is 34.7. The van der Waals surface area contributed by atoms with Crippen molar-refractivity contribution in [1.29, 1.82) is 0 Å². The van der Waals surface area contributed by atoms with Crippen molar-refractivity contribution in [1.82, 2.24) is 10.2 Å². The average Bonchev–Trinajstić information content (AvgIpc) is 3.59. The van der Waals surface area contributed by atoms with Gasteiger partial charge in [0.25, 0.3) is 10.0 Å². The maximum Gasteiger partial charge on any atom is 0.264 e. The number of hydrogen-bond donors (Lipinski definition) is 1. The highest BCUT2D eigenvalue weighted by molar-refractivity contribution is 7.92. The van der Waals surface area contributed by atoms with Crippen molar-refractivity contribution in [3.05, 3.63) is 125 Å². The van der Waals surface area contributed by atoms with E-state index < -0.39 is 28.5 Å². The van der Waals surface area contributed by atoms with Gasteiger partial charge in [-0.05, 0) is 73.4 Å². The summed E-state index contributed by atoms with van der Waals surface area (Å²) in [5.74, 6) is -0.283. The van der Waals surface area contributed by atoms with Crippen LogP contribution in [0.15, 0.2) is 108 Å². The van der Waals surface area contributed by atoms with E-state index >= 15 is 0 Å². The first-order valence-corrected chi connectivity index (χ1v) is 17.6. The third-order valence-corrected chi connectivity index (χ3v) is 10.5. The van der Waals surface area contributed by atoms with Gasteiger partial charge in [0.05, 0.1) is 17.7 Å². The molecule has 1 N–H and O–H groups in total. The minimum absolute atomic E-state index is 0.0176. The number of anilines is 1. The first-order chi connectivity index (χ1) is 22.6. The fourth-order valence-electron chi connectivity index (χ4n) is 5.85. The van der Waals surface area contributed by atoms with Gasteiger partial charge in [0.2, 0.25) is 11.8 Å². The second-order valence-corrected chi connectivity index (χ2v) is 14.2. The van der Waals surface area contributed by atoms with Gasteiger partial charge >= 0.3 is 0 Å². The quantitative estimate of drug-likeness (QED) is 0.174. The smallest absolute Gasteiger partial charge is 0.264 e. The van der Waals surface area contributed by atoms with Crippen molar-refractivity contribution in [3.63, 3.8) is 0 Å². The van der Waals surface area contributed by atoms with Crippen LogP contribution in [0.4, 0.5) is 5.69 Å². The molecule has 10 heteroatoms. The molecule has 47 heavy (non-hydrogen) atoms. The Morgan fingerprint density at radius 1 is 0.894 bits per heavy atom. The van der Waals surface area contributed by atoms with Crippen molar-refractivity contribution in [2.75, 3.05) is 18.0 Å². The van der Waals surface area contributed by atoms with E-state index in [2.05, 4.69) is 5.32 Å². The number of benzene rings is 4. The Morgan fingerprint density at radius 3 is 2.21 bits per heavy atom. The van der Waals surface area contributed by atoms with Crippen LogP contribution in [0.25, 0.3) is 0 Å². The van der Waals surface area contributed by atoms with Gasteiger partial charge in [-0.15, -0.1) is 0 Å². The number of carbonyl (C=O) groups excluding carboxylic acids is 2. The molecule has 8 nitrogen and oxygen atoms in total. The molecule has 5 rings (SSSR count). The van der Waals surface area contributed by atoms with Crippen LogP contribution < -0.4 is 14.4 Å². The molecule has 1 atom stereocenters. The zero-order valence-corrected chi connectivity index (χ0v) is 28.2. The van der Waals surface area contributed by atoms with Gasteiger partial charge in [0.15, 0.2) is 0 Å². The van der Waals surface area contributed by atoms with Gasteiger partial charge in [-0.1, -0.05) is 90.7 Å². The first-order valence-electron chi connectivity index (χ1n) is 15.8. The molecule has 4 aromatic carbocycles. The highest BCUT2D eigenvalue weighted by Crippen LogP contribution is 2.28. The monoisotopic (exact) mass is 673 g/mol. The molecule has 1 saturated carbocycles. The molecule has 0 aromatic heterocycles. The van der Waals surface area contributed by atoms with Crippen molar-refractivity contribution < 1.29 is 22.7 Å². The predicted molar refractivity (Wildman–Crippen MR) is 185 cm³/mol. The highest BCUT2D eigenvalue weighted by atomic mass is 35.5. The summed E-state index contributed by atoms with van der Waals surface area (Å²) in [5.41, 5.74) is 3.00. The Kier molecular flexibility index (Phi) is 11.2. The topological polar surface area (TPSA) is 96.0 Å². The van der Waals surface area contributed by atoms with Crippen LogP contribution in [0, 0.1) is 6.92 Å². The molecule has 0 bridgehead atoms. The number of carbonyl (C=O) groups is 2. The van der Waals surface area contributed by atoms with E-state index in [4.69, 9.17) is 16.3 Å². The van der Waals surface area contributed by atoms with Crippen LogP contribution >= 0.6 is 11.6 Å². The molecule has 0 saturated heterocycles. The fourth-order valence-corrected chi connectivity index (χ4v) is 7.44. The fraction of sp³-hybridized carbons (Fsp3) is 0.297. The molecule has 1 unspecified atom stereocenters. The molecular weight excluding hydrogens is 634 g/mol. The van der Waals surface area contributed by atoms with E-state index in [1.165, 1.54) is 30.2 Å². The summed E-state index contributed by atoms with van der Waals surface area (Å²) in [6.07, 6.45) is 4.12. The van der Waals surface area contributed by atoms with E-state index in [1.807, 2.05) is 61.5 Å². The number of hydrogen-bond acceptors (Lipinski definition) is 5. The Bertz CT molecular complexity index is 1760. The van der Waals surface area contributed by atoms with Gasteiger partial charge < -0.3 is 15.0 Å². The molecule has 0 spiro atoms. The summed E-state index contributed by atoms with van der Waals surface area (Å²) in [6, 6.07) is 28.8. The highest BCUT2D eigenvalue weighted by Gasteiger charge is 2.35. The Balaban J connectivity index is 1.56. The van der Waals surface area contributed by atoms with Gasteiger partial charge in [0.1, 0.15) is 18.3 Å². The summed E-state index contributed by atoms with van der Waals surface area (Å²) in [7, 11) is -2.76. The standard InChI is InChI=1S/C37H40ClN3O5S/c1-27-15-17-29(18-16-27)25-40(35(23-28-9-4-3-5-10-28)37(43)39-31-12-6-7-13-31)36(42)26-41(32-14-8-11-30(38)24-32)47(44,45)34-21-19-33(46-2)20-22-34/h3-5,8-11,14-22,24,31,35H,6-7,12-13,23,25-26H2,1-2H3,(H,39,43). The molecule has 0 radical (unpaired) electrons. The molecule has 0 heterocycles. The number of amides is 2. The summed E-state index contributed by atoms with van der Waals surface area (Å²) in [4.78, 5) is 30.2. The molecule has 0 aliphatic heterocycles. The van der Waals surface area contributed by atoms with Crippen LogP contribution in [0.1, 0.15) is 42.4 Å².